The predicted molar refractivity (Wildman–Crippen MR) is 138 cm³/mol. The van der Waals surface area contributed by atoms with Crippen molar-refractivity contribution < 1.29 is 10.2 Å². The minimum Gasteiger partial charge on any atom is -0.380 e. The lowest BCUT2D eigenvalue weighted by Crippen LogP contribution is -2.36. The predicted octanol–water partition coefficient (Wildman–Crippen LogP) is 5.57. The second-order valence-corrected chi connectivity index (χ2v) is 8.99. The molecule has 0 saturated heterocycles. The van der Waals surface area contributed by atoms with Gasteiger partial charge in [0, 0.05) is 13.1 Å². The van der Waals surface area contributed by atoms with Gasteiger partial charge in [0.05, 0.1) is 0 Å². The summed E-state index contributed by atoms with van der Waals surface area (Å²) in [7, 11) is 2.05. The van der Waals surface area contributed by atoms with Gasteiger partial charge in [0.15, 0.2) is 0 Å². The first-order valence-electron chi connectivity index (χ1n) is 11.9. The molecule has 4 aromatic carbocycles. The minimum absolute atomic E-state index is 0.548. The van der Waals surface area contributed by atoms with Gasteiger partial charge in [-0.3, -0.25) is 0 Å². The van der Waals surface area contributed by atoms with E-state index in [4.69, 9.17) is 0 Å². The summed E-state index contributed by atoms with van der Waals surface area (Å²) < 4.78 is 0. The van der Waals surface area contributed by atoms with E-state index in [1.807, 2.05) is 128 Å². The number of nitrogens with zero attached hydrogens (tertiary/aromatic N) is 1. The Morgan fingerprint density at radius 3 is 0.941 bits per heavy atom. The van der Waals surface area contributed by atoms with Gasteiger partial charge in [0.1, 0.15) is 11.2 Å². The standard InChI is InChI=1S/C31H33NO2/c1-32(24-22-30(33,26-14-6-2-7-15-26)27-16-8-3-9-17-27)25-23-31(34,28-18-10-4-11-19-28)29-20-12-5-13-21-29/h2-21,33-34H,22-25H2,1H3. The zero-order chi connectivity index (χ0) is 23.9. The number of benzene rings is 4. The fourth-order valence-corrected chi connectivity index (χ4v) is 4.58. The van der Waals surface area contributed by atoms with Crippen LogP contribution in [0.25, 0.3) is 0 Å². The lowest BCUT2D eigenvalue weighted by Gasteiger charge is -2.34. The van der Waals surface area contributed by atoms with Crippen LogP contribution in [0, 0.1) is 0 Å². The summed E-state index contributed by atoms with van der Waals surface area (Å²) in [5.74, 6) is 0. The molecule has 0 radical (unpaired) electrons. The Morgan fingerprint density at radius 2 is 0.706 bits per heavy atom. The molecular weight excluding hydrogens is 418 g/mol. The van der Waals surface area contributed by atoms with Crippen molar-refractivity contribution in [2.24, 2.45) is 0 Å². The fourth-order valence-electron chi connectivity index (χ4n) is 4.58. The van der Waals surface area contributed by atoms with Crippen LogP contribution in [0.4, 0.5) is 0 Å². The molecule has 0 heterocycles. The number of aliphatic hydroxyl groups is 2. The molecule has 34 heavy (non-hydrogen) atoms. The maximum atomic E-state index is 11.8. The number of rotatable bonds is 10. The minimum atomic E-state index is -1.08. The van der Waals surface area contributed by atoms with Crippen molar-refractivity contribution in [3.8, 4) is 0 Å². The van der Waals surface area contributed by atoms with E-state index < -0.39 is 11.2 Å². The molecule has 0 aliphatic heterocycles. The molecule has 0 atom stereocenters. The molecule has 174 valence electrons. The van der Waals surface area contributed by atoms with E-state index >= 15 is 0 Å². The summed E-state index contributed by atoms with van der Waals surface area (Å²) in [6, 6.07) is 39.5. The molecule has 4 aromatic rings. The summed E-state index contributed by atoms with van der Waals surface area (Å²) in [5.41, 5.74) is 1.40. The van der Waals surface area contributed by atoms with E-state index in [1.165, 1.54) is 0 Å². The van der Waals surface area contributed by atoms with E-state index in [0.29, 0.717) is 25.9 Å². The van der Waals surface area contributed by atoms with E-state index in [-0.39, 0.29) is 0 Å². The normalized spacial score (nSPS) is 12.1. The summed E-state index contributed by atoms with van der Waals surface area (Å²) in [5, 5.41) is 23.6. The van der Waals surface area contributed by atoms with Gasteiger partial charge < -0.3 is 15.1 Å². The molecule has 0 saturated carbocycles. The summed E-state index contributed by atoms with van der Waals surface area (Å²) in [4.78, 5) is 2.19. The van der Waals surface area contributed by atoms with E-state index in [9.17, 15) is 10.2 Å². The topological polar surface area (TPSA) is 43.7 Å². The second kappa shape index (κ2) is 10.8. The van der Waals surface area contributed by atoms with Crippen molar-refractivity contribution in [1.29, 1.82) is 0 Å². The summed E-state index contributed by atoms with van der Waals surface area (Å²) in [6.45, 7) is 1.36. The van der Waals surface area contributed by atoms with E-state index in [0.717, 1.165) is 22.3 Å². The summed E-state index contributed by atoms with van der Waals surface area (Å²) in [6.07, 6.45) is 1.10. The molecule has 3 nitrogen and oxygen atoms in total. The fraction of sp³-hybridized carbons (Fsp3) is 0.226. The van der Waals surface area contributed by atoms with Gasteiger partial charge in [-0.15, -0.1) is 0 Å². The quantitative estimate of drug-likeness (QED) is 0.331. The Morgan fingerprint density at radius 1 is 0.471 bits per heavy atom. The van der Waals surface area contributed by atoms with E-state index in [1.54, 1.807) is 0 Å². The van der Waals surface area contributed by atoms with Gasteiger partial charge in [0.2, 0.25) is 0 Å². The maximum absolute atomic E-state index is 11.8. The Kier molecular flexibility index (Phi) is 7.59. The molecule has 4 rings (SSSR count). The SMILES string of the molecule is CN(CCC(O)(c1ccccc1)c1ccccc1)CCC(O)(c1ccccc1)c1ccccc1. The highest BCUT2D eigenvalue weighted by Crippen LogP contribution is 2.35. The third-order valence-corrected chi connectivity index (χ3v) is 6.72. The highest BCUT2D eigenvalue weighted by molar-refractivity contribution is 5.37. The van der Waals surface area contributed by atoms with Crippen molar-refractivity contribution in [3.05, 3.63) is 144 Å². The third kappa shape index (κ3) is 5.28. The van der Waals surface area contributed by atoms with Crippen LogP contribution >= 0.6 is 0 Å². The van der Waals surface area contributed by atoms with Crippen LogP contribution in [-0.2, 0) is 11.2 Å². The van der Waals surface area contributed by atoms with Gasteiger partial charge in [0.25, 0.3) is 0 Å². The lowest BCUT2D eigenvalue weighted by atomic mass is 9.82. The van der Waals surface area contributed by atoms with Crippen LogP contribution in [-0.4, -0.2) is 35.3 Å². The Hall–Kier alpha value is -3.24. The van der Waals surface area contributed by atoms with E-state index in [2.05, 4.69) is 4.90 Å². The smallest absolute Gasteiger partial charge is 0.116 e. The number of hydrogen-bond donors (Lipinski definition) is 2. The second-order valence-electron chi connectivity index (χ2n) is 8.99. The van der Waals surface area contributed by atoms with Gasteiger partial charge in [-0.25, -0.2) is 0 Å². The first kappa shape index (κ1) is 23.9. The molecule has 0 bridgehead atoms. The molecule has 0 spiro atoms. The number of hydrogen-bond acceptors (Lipinski definition) is 3. The molecule has 0 aliphatic carbocycles. The van der Waals surface area contributed by atoms with Crippen LogP contribution < -0.4 is 0 Å². The monoisotopic (exact) mass is 451 g/mol. The third-order valence-electron chi connectivity index (χ3n) is 6.72. The van der Waals surface area contributed by atoms with Crippen molar-refractivity contribution in [1.82, 2.24) is 4.90 Å². The first-order chi connectivity index (χ1) is 16.5. The zero-order valence-electron chi connectivity index (χ0n) is 19.7. The highest BCUT2D eigenvalue weighted by atomic mass is 16.3. The van der Waals surface area contributed by atoms with Crippen molar-refractivity contribution in [2.45, 2.75) is 24.0 Å². The van der Waals surface area contributed by atoms with Crippen LogP contribution in [0.5, 0.6) is 0 Å². The first-order valence-corrected chi connectivity index (χ1v) is 11.9. The Bertz CT molecular complexity index is 959. The molecule has 3 heteroatoms. The molecule has 0 unspecified atom stereocenters. The molecule has 2 N–H and O–H groups in total. The van der Waals surface area contributed by atoms with Crippen molar-refractivity contribution in [2.75, 3.05) is 20.1 Å². The van der Waals surface area contributed by atoms with Gasteiger partial charge in [-0.1, -0.05) is 121 Å². The maximum Gasteiger partial charge on any atom is 0.116 e. The lowest BCUT2D eigenvalue weighted by molar-refractivity contribution is 0.0452. The summed E-state index contributed by atoms with van der Waals surface area (Å²) >= 11 is 0. The molecule has 0 amide bonds. The molecule has 0 aliphatic rings. The average molecular weight is 452 g/mol. The van der Waals surface area contributed by atoms with Crippen LogP contribution in [0.15, 0.2) is 121 Å². The van der Waals surface area contributed by atoms with Crippen molar-refractivity contribution >= 4 is 0 Å². The zero-order valence-corrected chi connectivity index (χ0v) is 19.7. The molecule has 0 fully saturated rings. The van der Waals surface area contributed by atoms with Crippen LogP contribution in [0.1, 0.15) is 35.1 Å². The van der Waals surface area contributed by atoms with Crippen molar-refractivity contribution in [3.63, 3.8) is 0 Å². The van der Waals surface area contributed by atoms with Gasteiger partial charge in [-0.2, -0.15) is 0 Å². The van der Waals surface area contributed by atoms with Gasteiger partial charge >= 0.3 is 0 Å². The Labute approximate surface area is 203 Å². The largest absolute Gasteiger partial charge is 0.380 e. The van der Waals surface area contributed by atoms with Crippen LogP contribution in [0.3, 0.4) is 0 Å². The molecular formula is C31H33NO2. The Balaban J connectivity index is 1.50. The molecule has 0 aromatic heterocycles. The highest BCUT2D eigenvalue weighted by Gasteiger charge is 2.33. The van der Waals surface area contributed by atoms with Gasteiger partial charge in [-0.05, 0) is 42.1 Å². The average Bonchev–Trinajstić information content (AvgIpc) is 2.92. The van der Waals surface area contributed by atoms with Crippen LogP contribution in [0.2, 0.25) is 0 Å².